The first-order valence-electron chi connectivity index (χ1n) is 9.29. The fourth-order valence-corrected chi connectivity index (χ4v) is 3.31. The van der Waals surface area contributed by atoms with Gasteiger partial charge in [-0.3, -0.25) is 4.79 Å². The lowest BCUT2D eigenvalue weighted by atomic mass is 10.2. The highest BCUT2D eigenvalue weighted by Gasteiger charge is 2.26. The normalized spacial score (nSPS) is 22.2. The van der Waals surface area contributed by atoms with Crippen molar-refractivity contribution in [2.75, 3.05) is 31.1 Å². The van der Waals surface area contributed by atoms with E-state index < -0.39 is 5.97 Å². The lowest BCUT2D eigenvalue weighted by Crippen LogP contribution is -2.44. The molecule has 8 heteroatoms. The second kappa shape index (κ2) is 8.96. The number of para-hydroxylation sites is 1. The molecule has 4 rings (SSSR count). The number of aliphatic carboxylic acids is 1. The Balaban J connectivity index is 0.000000481. The number of nitrogens with one attached hydrogen (secondary N) is 1. The van der Waals surface area contributed by atoms with E-state index in [-0.39, 0.29) is 12.2 Å². The summed E-state index contributed by atoms with van der Waals surface area (Å²) in [5.41, 5.74) is 0.907. The number of fused-ring (bicyclic) bond motifs is 1. The summed E-state index contributed by atoms with van der Waals surface area (Å²) in [6, 6.07) is 7.96. The quantitative estimate of drug-likeness (QED) is 0.740. The van der Waals surface area contributed by atoms with Crippen LogP contribution >= 0.6 is 0 Å². The maximum absolute atomic E-state index is 9.72. The maximum Gasteiger partial charge on any atom is 0.300 e. The predicted molar refractivity (Wildman–Crippen MR) is 102 cm³/mol. The molecule has 27 heavy (non-hydrogen) atoms. The van der Waals surface area contributed by atoms with Crippen LogP contribution in [0, 0.1) is 0 Å². The molecule has 1 aliphatic carbocycles. The van der Waals surface area contributed by atoms with Gasteiger partial charge in [-0.05, 0) is 25.0 Å². The highest BCUT2D eigenvalue weighted by Crippen LogP contribution is 2.30. The van der Waals surface area contributed by atoms with Crippen molar-refractivity contribution in [1.82, 2.24) is 15.3 Å². The number of carbonyl (C=O) groups is 1. The minimum atomic E-state index is -0.833. The number of hydrogen-bond acceptors (Lipinski definition) is 7. The third kappa shape index (κ3) is 5.27. The van der Waals surface area contributed by atoms with Gasteiger partial charge in [-0.2, -0.15) is 4.98 Å². The zero-order chi connectivity index (χ0) is 19.2. The summed E-state index contributed by atoms with van der Waals surface area (Å²) in [5, 5.41) is 21.4. The van der Waals surface area contributed by atoms with Crippen LogP contribution in [0.2, 0.25) is 0 Å². The monoisotopic (exact) mass is 374 g/mol. The molecule has 1 saturated heterocycles. The minimum absolute atomic E-state index is 0.0409. The first kappa shape index (κ1) is 19.3. The van der Waals surface area contributed by atoms with Gasteiger partial charge in [0.05, 0.1) is 17.0 Å². The van der Waals surface area contributed by atoms with Gasteiger partial charge in [-0.1, -0.05) is 12.1 Å². The molecule has 2 fully saturated rings. The van der Waals surface area contributed by atoms with Crippen LogP contribution in [0.4, 0.5) is 5.95 Å². The first-order chi connectivity index (χ1) is 13.0. The van der Waals surface area contributed by atoms with Crippen molar-refractivity contribution < 1.29 is 19.7 Å². The summed E-state index contributed by atoms with van der Waals surface area (Å²) >= 11 is 0. The predicted octanol–water partition coefficient (Wildman–Crippen LogP) is 1.42. The van der Waals surface area contributed by atoms with Crippen molar-refractivity contribution in [3.63, 3.8) is 0 Å². The van der Waals surface area contributed by atoms with Crippen molar-refractivity contribution in [3.05, 3.63) is 24.3 Å². The van der Waals surface area contributed by atoms with Gasteiger partial charge >= 0.3 is 0 Å². The lowest BCUT2D eigenvalue weighted by Gasteiger charge is -2.28. The Bertz CT molecular complexity index is 775. The van der Waals surface area contributed by atoms with E-state index in [0.717, 1.165) is 62.8 Å². The third-order valence-electron chi connectivity index (χ3n) is 4.59. The summed E-state index contributed by atoms with van der Waals surface area (Å²) in [6.07, 6.45) is 2.15. The molecule has 3 N–H and O–H groups in total. The standard InChI is InChI=1S/C17H22N4O2.C2H4O2/c22-12-5-6-13(11-12)23-16-14-3-1-2-4-15(14)19-17(20-16)21-9-7-18-8-10-21;1-2(3)4/h1-4,12-13,18,22H,5-11H2;1H3,(H,3,4). The van der Waals surface area contributed by atoms with Gasteiger partial charge in [0.2, 0.25) is 11.8 Å². The van der Waals surface area contributed by atoms with Gasteiger partial charge in [0.15, 0.2) is 0 Å². The number of piperazine rings is 1. The average Bonchev–Trinajstić information content (AvgIpc) is 3.07. The van der Waals surface area contributed by atoms with E-state index in [1.54, 1.807) is 0 Å². The van der Waals surface area contributed by atoms with E-state index in [4.69, 9.17) is 24.6 Å². The molecule has 0 amide bonds. The number of nitrogens with zero attached hydrogens (tertiary/aromatic N) is 3. The molecule has 2 heterocycles. The SMILES string of the molecule is CC(=O)O.OC1CCC(Oc2nc(N3CCNCC3)nc3ccccc23)C1. The van der Waals surface area contributed by atoms with Crippen LogP contribution in [0.25, 0.3) is 10.9 Å². The van der Waals surface area contributed by atoms with Crippen LogP contribution in [0.5, 0.6) is 5.88 Å². The Kier molecular flexibility index (Phi) is 6.41. The molecule has 1 aliphatic heterocycles. The van der Waals surface area contributed by atoms with Crippen molar-refractivity contribution in [2.24, 2.45) is 0 Å². The number of rotatable bonds is 3. The highest BCUT2D eigenvalue weighted by atomic mass is 16.5. The van der Waals surface area contributed by atoms with E-state index in [1.807, 2.05) is 24.3 Å². The fourth-order valence-electron chi connectivity index (χ4n) is 3.31. The fraction of sp³-hybridized carbons (Fsp3) is 0.526. The molecule has 146 valence electrons. The number of aliphatic hydroxyl groups excluding tert-OH is 1. The lowest BCUT2D eigenvalue weighted by molar-refractivity contribution is -0.134. The third-order valence-corrected chi connectivity index (χ3v) is 4.59. The van der Waals surface area contributed by atoms with Gasteiger partial charge in [0.1, 0.15) is 6.10 Å². The smallest absolute Gasteiger partial charge is 0.300 e. The number of carboxylic acids is 1. The van der Waals surface area contributed by atoms with Crippen LogP contribution in [0.15, 0.2) is 24.3 Å². The molecule has 1 aromatic heterocycles. The topological polar surface area (TPSA) is 108 Å². The van der Waals surface area contributed by atoms with Crippen molar-refractivity contribution in [3.8, 4) is 5.88 Å². The van der Waals surface area contributed by atoms with E-state index in [1.165, 1.54) is 0 Å². The summed E-state index contributed by atoms with van der Waals surface area (Å²) in [4.78, 5) is 20.6. The van der Waals surface area contributed by atoms with Crippen LogP contribution in [0.3, 0.4) is 0 Å². The average molecular weight is 374 g/mol. The molecule has 8 nitrogen and oxygen atoms in total. The van der Waals surface area contributed by atoms with Gasteiger partial charge in [0.25, 0.3) is 5.97 Å². The number of hydrogen-bond donors (Lipinski definition) is 3. The molecular weight excluding hydrogens is 348 g/mol. The molecule has 1 saturated carbocycles. The maximum atomic E-state index is 9.72. The van der Waals surface area contributed by atoms with Crippen molar-refractivity contribution in [1.29, 1.82) is 0 Å². The second-order valence-electron chi connectivity index (χ2n) is 6.81. The Morgan fingerprint density at radius 2 is 1.93 bits per heavy atom. The number of anilines is 1. The van der Waals surface area contributed by atoms with E-state index in [9.17, 15) is 5.11 Å². The second-order valence-corrected chi connectivity index (χ2v) is 6.81. The highest BCUT2D eigenvalue weighted by molar-refractivity contribution is 5.84. The van der Waals surface area contributed by atoms with E-state index in [2.05, 4.69) is 10.2 Å². The van der Waals surface area contributed by atoms with E-state index in [0.29, 0.717) is 12.3 Å². The van der Waals surface area contributed by atoms with Crippen molar-refractivity contribution in [2.45, 2.75) is 38.4 Å². The number of aliphatic hydroxyl groups is 1. The van der Waals surface area contributed by atoms with Crippen molar-refractivity contribution >= 4 is 22.8 Å². The van der Waals surface area contributed by atoms with Gasteiger partial charge in [-0.25, -0.2) is 4.98 Å². The molecule has 2 aromatic rings. The van der Waals surface area contributed by atoms with E-state index >= 15 is 0 Å². The number of benzene rings is 1. The molecular formula is C19H26N4O4. The molecule has 2 aliphatic rings. The summed E-state index contributed by atoms with van der Waals surface area (Å²) < 4.78 is 6.14. The molecule has 0 radical (unpaired) electrons. The minimum Gasteiger partial charge on any atom is -0.481 e. The van der Waals surface area contributed by atoms with Gasteiger partial charge in [0, 0.05) is 39.5 Å². The summed E-state index contributed by atoms with van der Waals surface area (Å²) in [7, 11) is 0. The zero-order valence-corrected chi connectivity index (χ0v) is 15.5. The van der Waals surface area contributed by atoms with Crippen LogP contribution < -0.4 is 15.0 Å². The molecule has 0 spiro atoms. The first-order valence-corrected chi connectivity index (χ1v) is 9.29. The Morgan fingerprint density at radius 1 is 1.22 bits per heavy atom. The Morgan fingerprint density at radius 3 is 2.59 bits per heavy atom. The largest absolute Gasteiger partial charge is 0.481 e. The molecule has 1 aromatic carbocycles. The summed E-state index contributed by atoms with van der Waals surface area (Å²) in [5.74, 6) is 0.543. The number of carboxylic acid groups (broad SMARTS) is 1. The molecule has 2 unspecified atom stereocenters. The van der Waals surface area contributed by atoms with Crippen LogP contribution in [-0.2, 0) is 4.79 Å². The number of aromatic nitrogens is 2. The Hall–Kier alpha value is -2.45. The number of ether oxygens (including phenoxy) is 1. The van der Waals surface area contributed by atoms with Crippen LogP contribution in [-0.4, -0.2) is 64.5 Å². The van der Waals surface area contributed by atoms with Gasteiger partial charge < -0.3 is 25.2 Å². The molecule has 0 bridgehead atoms. The molecule has 2 atom stereocenters. The van der Waals surface area contributed by atoms with Crippen LogP contribution in [0.1, 0.15) is 26.2 Å². The zero-order valence-electron chi connectivity index (χ0n) is 15.5. The summed E-state index contributed by atoms with van der Waals surface area (Å²) in [6.45, 7) is 4.78. The van der Waals surface area contributed by atoms with Gasteiger partial charge in [-0.15, -0.1) is 0 Å². The Labute approximate surface area is 158 Å².